The van der Waals surface area contributed by atoms with Crippen LogP contribution in [0.3, 0.4) is 0 Å². The van der Waals surface area contributed by atoms with Crippen LogP contribution in [0.1, 0.15) is 15.9 Å². The Bertz CT molecular complexity index is 995. The molecule has 3 nitrogen and oxygen atoms in total. The lowest BCUT2D eigenvalue weighted by Crippen LogP contribution is -2.11. The van der Waals surface area contributed by atoms with Crippen molar-refractivity contribution in [1.29, 1.82) is 0 Å². The van der Waals surface area contributed by atoms with Gasteiger partial charge in [0.1, 0.15) is 0 Å². The zero-order valence-corrected chi connectivity index (χ0v) is 13.9. The summed E-state index contributed by atoms with van der Waals surface area (Å²) >= 11 is 0. The molecular formula is C22H18N2O. The molecule has 0 aliphatic carbocycles. The van der Waals surface area contributed by atoms with Gasteiger partial charge in [0.05, 0.1) is 0 Å². The molecule has 4 rings (SSSR count). The van der Waals surface area contributed by atoms with Gasteiger partial charge in [-0.05, 0) is 48.9 Å². The molecule has 0 unspecified atom stereocenters. The molecule has 1 heterocycles. The lowest BCUT2D eigenvalue weighted by molar-refractivity contribution is 0.102. The number of amides is 1. The Morgan fingerprint density at radius 3 is 2.32 bits per heavy atom. The summed E-state index contributed by atoms with van der Waals surface area (Å²) in [6.07, 6.45) is 0. The molecule has 0 fully saturated rings. The van der Waals surface area contributed by atoms with Gasteiger partial charge in [-0.3, -0.25) is 4.79 Å². The lowest BCUT2D eigenvalue weighted by Gasteiger charge is -2.06. The molecule has 0 atom stereocenters. The second-order valence-corrected chi connectivity index (χ2v) is 6.17. The second kappa shape index (κ2) is 6.29. The summed E-state index contributed by atoms with van der Waals surface area (Å²) in [5.41, 5.74) is 5.85. The summed E-state index contributed by atoms with van der Waals surface area (Å²) in [5.74, 6) is -0.0987. The largest absolute Gasteiger partial charge is 0.355 e. The maximum Gasteiger partial charge on any atom is 0.255 e. The number of aromatic amines is 1. The number of benzene rings is 3. The number of carbonyl (C=O) groups is 1. The Balaban J connectivity index is 1.53. The normalized spacial score (nSPS) is 10.8. The number of carbonyl (C=O) groups excluding carboxylic acids is 1. The number of hydrogen-bond donors (Lipinski definition) is 2. The number of aryl methyl sites for hydroxylation is 1. The van der Waals surface area contributed by atoms with Crippen LogP contribution in [0.4, 0.5) is 5.69 Å². The SMILES string of the molecule is Cc1ccc(C(=O)Nc2ccc(-c3cc4ccccc4[nH]3)cc2)cc1. The number of aromatic nitrogens is 1. The van der Waals surface area contributed by atoms with Crippen molar-refractivity contribution in [2.75, 3.05) is 5.32 Å². The minimum absolute atomic E-state index is 0.0987. The van der Waals surface area contributed by atoms with E-state index in [1.54, 1.807) is 0 Å². The first-order valence-electron chi connectivity index (χ1n) is 8.25. The number of anilines is 1. The van der Waals surface area contributed by atoms with Crippen LogP contribution in [0.2, 0.25) is 0 Å². The number of H-pyrrole nitrogens is 1. The van der Waals surface area contributed by atoms with E-state index in [4.69, 9.17) is 0 Å². The first-order chi connectivity index (χ1) is 12.2. The molecule has 0 aliphatic rings. The monoisotopic (exact) mass is 326 g/mol. The van der Waals surface area contributed by atoms with Crippen LogP contribution >= 0.6 is 0 Å². The fourth-order valence-corrected chi connectivity index (χ4v) is 2.87. The third kappa shape index (κ3) is 3.17. The van der Waals surface area contributed by atoms with Crippen molar-refractivity contribution in [3.63, 3.8) is 0 Å². The van der Waals surface area contributed by atoms with Crippen LogP contribution in [-0.4, -0.2) is 10.9 Å². The van der Waals surface area contributed by atoms with Gasteiger partial charge in [-0.2, -0.15) is 0 Å². The summed E-state index contributed by atoms with van der Waals surface area (Å²) < 4.78 is 0. The highest BCUT2D eigenvalue weighted by Crippen LogP contribution is 2.25. The molecule has 0 radical (unpaired) electrons. The molecule has 3 aromatic carbocycles. The van der Waals surface area contributed by atoms with Crippen LogP contribution < -0.4 is 5.32 Å². The predicted molar refractivity (Wildman–Crippen MR) is 103 cm³/mol. The lowest BCUT2D eigenvalue weighted by atomic mass is 10.1. The molecule has 25 heavy (non-hydrogen) atoms. The smallest absolute Gasteiger partial charge is 0.255 e. The van der Waals surface area contributed by atoms with Gasteiger partial charge >= 0.3 is 0 Å². The first kappa shape index (κ1) is 15.2. The average molecular weight is 326 g/mol. The van der Waals surface area contributed by atoms with Crippen molar-refractivity contribution in [3.8, 4) is 11.3 Å². The van der Waals surface area contributed by atoms with Crippen LogP contribution in [0, 0.1) is 6.92 Å². The summed E-state index contributed by atoms with van der Waals surface area (Å²) in [4.78, 5) is 15.7. The minimum atomic E-state index is -0.0987. The van der Waals surface area contributed by atoms with Crippen LogP contribution in [-0.2, 0) is 0 Å². The summed E-state index contributed by atoms with van der Waals surface area (Å²) in [6, 6.07) is 25.8. The zero-order valence-electron chi connectivity index (χ0n) is 13.9. The van der Waals surface area contributed by atoms with E-state index in [1.807, 2.05) is 67.6 Å². The van der Waals surface area contributed by atoms with Gasteiger partial charge in [0.15, 0.2) is 0 Å². The van der Waals surface area contributed by atoms with Gasteiger partial charge in [-0.25, -0.2) is 0 Å². The quantitative estimate of drug-likeness (QED) is 0.520. The van der Waals surface area contributed by atoms with E-state index in [0.717, 1.165) is 28.0 Å². The molecule has 122 valence electrons. The number of fused-ring (bicyclic) bond motifs is 1. The molecule has 0 spiro atoms. The molecule has 1 amide bonds. The molecule has 0 saturated carbocycles. The van der Waals surface area contributed by atoms with Crippen molar-refractivity contribution in [3.05, 3.63) is 90.0 Å². The fourth-order valence-electron chi connectivity index (χ4n) is 2.87. The van der Waals surface area contributed by atoms with Crippen molar-refractivity contribution >= 4 is 22.5 Å². The molecule has 3 heteroatoms. The van der Waals surface area contributed by atoms with Crippen LogP contribution in [0.15, 0.2) is 78.9 Å². The topological polar surface area (TPSA) is 44.9 Å². The highest BCUT2D eigenvalue weighted by Gasteiger charge is 2.07. The number of rotatable bonds is 3. The maximum absolute atomic E-state index is 12.3. The first-order valence-corrected chi connectivity index (χ1v) is 8.25. The average Bonchev–Trinajstić information content (AvgIpc) is 3.07. The van der Waals surface area contributed by atoms with Crippen molar-refractivity contribution in [2.45, 2.75) is 6.92 Å². The molecule has 0 aliphatic heterocycles. The van der Waals surface area contributed by atoms with E-state index in [1.165, 1.54) is 5.39 Å². The predicted octanol–water partition coefficient (Wildman–Crippen LogP) is 5.40. The van der Waals surface area contributed by atoms with E-state index in [-0.39, 0.29) is 5.91 Å². The Morgan fingerprint density at radius 2 is 1.60 bits per heavy atom. The van der Waals surface area contributed by atoms with Gasteiger partial charge in [-0.1, -0.05) is 48.0 Å². The van der Waals surface area contributed by atoms with E-state index in [0.29, 0.717) is 5.56 Å². The van der Waals surface area contributed by atoms with Gasteiger partial charge < -0.3 is 10.3 Å². The Morgan fingerprint density at radius 1 is 0.880 bits per heavy atom. The highest BCUT2D eigenvalue weighted by atomic mass is 16.1. The van der Waals surface area contributed by atoms with Crippen LogP contribution in [0.5, 0.6) is 0 Å². The van der Waals surface area contributed by atoms with E-state index in [2.05, 4.69) is 28.5 Å². The number of hydrogen-bond acceptors (Lipinski definition) is 1. The zero-order chi connectivity index (χ0) is 17.2. The number of para-hydroxylation sites is 1. The molecule has 2 N–H and O–H groups in total. The molecule has 0 bridgehead atoms. The van der Waals surface area contributed by atoms with Crippen LogP contribution in [0.25, 0.3) is 22.2 Å². The van der Waals surface area contributed by atoms with Gasteiger partial charge in [0, 0.05) is 27.8 Å². The summed E-state index contributed by atoms with van der Waals surface area (Å²) in [5, 5.41) is 4.12. The van der Waals surface area contributed by atoms with Gasteiger partial charge in [0.2, 0.25) is 0 Å². The van der Waals surface area contributed by atoms with E-state index in [9.17, 15) is 4.79 Å². The third-order valence-electron chi connectivity index (χ3n) is 4.30. The van der Waals surface area contributed by atoms with Crippen molar-refractivity contribution in [2.24, 2.45) is 0 Å². The van der Waals surface area contributed by atoms with Crippen molar-refractivity contribution < 1.29 is 4.79 Å². The Labute approximate surface area is 146 Å². The summed E-state index contributed by atoms with van der Waals surface area (Å²) in [7, 11) is 0. The molecule has 1 aromatic heterocycles. The van der Waals surface area contributed by atoms with E-state index >= 15 is 0 Å². The standard InChI is InChI=1S/C22H18N2O/c1-15-6-8-17(9-7-15)22(25)23-19-12-10-16(11-13-19)21-14-18-4-2-3-5-20(18)24-21/h2-14,24H,1H3,(H,23,25). The minimum Gasteiger partial charge on any atom is -0.355 e. The third-order valence-corrected chi connectivity index (χ3v) is 4.30. The maximum atomic E-state index is 12.3. The second-order valence-electron chi connectivity index (χ2n) is 6.17. The number of nitrogens with one attached hydrogen (secondary N) is 2. The fraction of sp³-hybridized carbons (Fsp3) is 0.0455. The van der Waals surface area contributed by atoms with Gasteiger partial charge in [-0.15, -0.1) is 0 Å². The Hall–Kier alpha value is -3.33. The van der Waals surface area contributed by atoms with Crippen molar-refractivity contribution in [1.82, 2.24) is 4.98 Å². The molecule has 0 saturated heterocycles. The van der Waals surface area contributed by atoms with E-state index < -0.39 is 0 Å². The summed E-state index contributed by atoms with van der Waals surface area (Å²) in [6.45, 7) is 2.00. The Kier molecular flexibility index (Phi) is 3.82. The highest BCUT2D eigenvalue weighted by molar-refractivity contribution is 6.04. The van der Waals surface area contributed by atoms with Gasteiger partial charge in [0.25, 0.3) is 5.91 Å². The molecule has 4 aromatic rings. The molecular weight excluding hydrogens is 308 g/mol.